The van der Waals surface area contributed by atoms with Crippen molar-refractivity contribution in [2.75, 3.05) is 25.6 Å². The summed E-state index contributed by atoms with van der Waals surface area (Å²) in [5, 5.41) is 11.7. The zero-order valence-corrected chi connectivity index (χ0v) is 12.5. The highest BCUT2D eigenvalue weighted by atomic mass is 16.5. The molecule has 0 aliphatic heterocycles. The number of amides is 2. The van der Waals surface area contributed by atoms with Crippen molar-refractivity contribution in [2.24, 2.45) is 0 Å². The number of rotatable bonds is 7. The van der Waals surface area contributed by atoms with Gasteiger partial charge in [0.1, 0.15) is 0 Å². The van der Waals surface area contributed by atoms with Gasteiger partial charge in [0.15, 0.2) is 5.69 Å². The Kier molecular flexibility index (Phi) is 6.61. The molecule has 7 heteroatoms. The number of aromatic carboxylic acids is 1. The Morgan fingerprint density at radius 1 is 1.52 bits per heavy atom. The number of carbonyl (C=O) groups is 2. The first-order valence-electron chi connectivity index (χ1n) is 6.76. The molecule has 7 nitrogen and oxygen atoms in total. The molecule has 1 heterocycles. The van der Waals surface area contributed by atoms with Crippen LogP contribution in [0.4, 0.5) is 10.5 Å². The van der Waals surface area contributed by atoms with Gasteiger partial charge in [-0.2, -0.15) is 0 Å². The number of nitrogens with one attached hydrogen (secondary N) is 1. The highest BCUT2D eigenvalue weighted by Gasteiger charge is 2.21. The standard InChI is InChI=1S/C14H21N3O4/c1-4-10(2)17(8-9-21-3)14(20)16-11-6-5-7-15-12(11)13(18)19/h5-7,10H,4,8-9H2,1-3H3,(H,16,20)(H,18,19). The van der Waals surface area contributed by atoms with E-state index in [1.807, 2.05) is 13.8 Å². The molecule has 0 saturated carbocycles. The minimum atomic E-state index is -1.18. The highest BCUT2D eigenvalue weighted by molar-refractivity contribution is 5.98. The molecule has 0 saturated heterocycles. The van der Waals surface area contributed by atoms with E-state index < -0.39 is 5.97 Å². The summed E-state index contributed by atoms with van der Waals surface area (Å²) in [5.74, 6) is -1.18. The first-order valence-corrected chi connectivity index (χ1v) is 6.76. The van der Waals surface area contributed by atoms with Crippen molar-refractivity contribution in [1.82, 2.24) is 9.88 Å². The van der Waals surface area contributed by atoms with Crippen molar-refractivity contribution in [3.05, 3.63) is 24.0 Å². The SMILES string of the molecule is CCC(C)N(CCOC)C(=O)Nc1cccnc1C(=O)O. The highest BCUT2D eigenvalue weighted by Crippen LogP contribution is 2.14. The lowest BCUT2D eigenvalue weighted by Crippen LogP contribution is -2.43. The molecule has 1 rings (SSSR count). The van der Waals surface area contributed by atoms with Crippen LogP contribution < -0.4 is 5.32 Å². The van der Waals surface area contributed by atoms with E-state index in [1.54, 1.807) is 18.1 Å². The van der Waals surface area contributed by atoms with Gasteiger partial charge in [0, 0.05) is 25.9 Å². The predicted molar refractivity (Wildman–Crippen MR) is 78.6 cm³/mol. The van der Waals surface area contributed by atoms with Gasteiger partial charge in [-0.1, -0.05) is 6.92 Å². The van der Waals surface area contributed by atoms with Gasteiger partial charge >= 0.3 is 12.0 Å². The van der Waals surface area contributed by atoms with Crippen LogP contribution in [0.1, 0.15) is 30.8 Å². The van der Waals surface area contributed by atoms with E-state index in [9.17, 15) is 9.59 Å². The zero-order valence-electron chi connectivity index (χ0n) is 12.5. The van der Waals surface area contributed by atoms with Crippen LogP contribution in [0.5, 0.6) is 0 Å². The number of carbonyl (C=O) groups excluding carboxylic acids is 1. The molecule has 0 spiro atoms. The first-order chi connectivity index (χ1) is 10.0. The maximum absolute atomic E-state index is 12.3. The van der Waals surface area contributed by atoms with Gasteiger partial charge in [-0.3, -0.25) is 0 Å². The first kappa shape index (κ1) is 16.9. The summed E-state index contributed by atoms with van der Waals surface area (Å²) in [6, 6.07) is 2.74. The molecule has 21 heavy (non-hydrogen) atoms. The number of hydrogen-bond donors (Lipinski definition) is 2. The Morgan fingerprint density at radius 2 is 2.24 bits per heavy atom. The van der Waals surface area contributed by atoms with Crippen LogP contribution in [-0.4, -0.2) is 53.3 Å². The van der Waals surface area contributed by atoms with Crippen molar-refractivity contribution in [1.29, 1.82) is 0 Å². The van der Waals surface area contributed by atoms with E-state index in [4.69, 9.17) is 9.84 Å². The van der Waals surface area contributed by atoms with E-state index in [0.717, 1.165) is 6.42 Å². The lowest BCUT2D eigenvalue weighted by Gasteiger charge is -2.28. The summed E-state index contributed by atoms with van der Waals surface area (Å²) in [6.45, 7) is 4.75. The van der Waals surface area contributed by atoms with E-state index in [-0.39, 0.29) is 23.5 Å². The molecule has 1 atom stereocenters. The molecule has 1 aromatic rings. The molecule has 0 aromatic carbocycles. The van der Waals surface area contributed by atoms with Crippen LogP contribution in [0.25, 0.3) is 0 Å². The quantitative estimate of drug-likeness (QED) is 0.803. The monoisotopic (exact) mass is 295 g/mol. The van der Waals surface area contributed by atoms with Crippen LogP contribution in [0.15, 0.2) is 18.3 Å². The van der Waals surface area contributed by atoms with Gasteiger partial charge < -0.3 is 20.1 Å². The Hall–Kier alpha value is -2.15. The number of carboxylic acid groups (broad SMARTS) is 1. The molecule has 0 radical (unpaired) electrons. The molecular formula is C14H21N3O4. The third-order valence-corrected chi connectivity index (χ3v) is 3.17. The zero-order chi connectivity index (χ0) is 15.8. The number of aromatic nitrogens is 1. The number of hydrogen-bond acceptors (Lipinski definition) is 4. The van der Waals surface area contributed by atoms with Gasteiger partial charge in [0.2, 0.25) is 0 Å². The van der Waals surface area contributed by atoms with Gasteiger partial charge in [0.05, 0.1) is 12.3 Å². The van der Waals surface area contributed by atoms with Crippen molar-refractivity contribution < 1.29 is 19.4 Å². The van der Waals surface area contributed by atoms with Gasteiger partial charge in [-0.25, -0.2) is 14.6 Å². The average molecular weight is 295 g/mol. The van der Waals surface area contributed by atoms with Crippen LogP contribution >= 0.6 is 0 Å². The summed E-state index contributed by atoms with van der Waals surface area (Å²) in [7, 11) is 1.57. The number of pyridine rings is 1. The molecule has 1 aromatic heterocycles. The number of anilines is 1. The van der Waals surface area contributed by atoms with Gasteiger partial charge in [0.25, 0.3) is 0 Å². The lowest BCUT2D eigenvalue weighted by atomic mass is 10.2. The maximum Gasteiger partial charge on any atom is 0.356 e. The molecule has 0 aliphatic carbocycles. The van der Waals surface area contributed by atoms with Crippen molar-refractivity contribution >= 4 is 17.7 Å². The minimum Gasteiger partial charge on any atom is -0.476 e. The predicted octanol–water partition coefficient (Wildman–Crippen LogP) is 2.06. The number of urea groups is 1. The Morgan fingerprint density at radius 3 is 2.81 bits per heavy atom. The van der Waals surface area contributed by atoms with E-state index in [0.29, 0.717) is 13.2 Å². The van der Waals surface area contributed by atoms with Crippen molar-refractivity contribution in [3.8, 4) is 0 Å². The molecule has 1 unspecified atom stereocenters. The fraction of sp³-hybridized carbons (Fsp3) is 0.500. The average Bonchev–Trinajstić information content (AvgIpc) is 2.47. The summed E-state index contributed by atoms with van der Waals surface area (Å²) in [4.78, 5) is 28.8. The molecule has 0 fully saturated rings. The third-order valence-electron chi connectivity index (χ3n) is 3.17. The fourth-order valence-electron chi connectivity index (χ4n) is 1.80. The molecular weight excluding hydrogens is 274 g/mol. The summed E-state index contributed by atoms with van der Waals surface area (Å²) < 4.78 is 5.00. The second-order valence-electron chi connectivity index (χ2n) is 4.58. The molecule has 0 bridgehead atoms. The number of ether oxygens (including phenoxy) is 1. The molecule has 2 amide bonds. The summed E-state index contributed by atoms with van der Waals surface area (Å²) >= 11 is 0. The van der Waals surface area contributed by atoms with Crippen LogP contribution in [-0.2, 0) is 4.74 Å². The molecule has 2 N–H and O–H groups in total. The van der Waals surface area contributed by atoms with Gasteiger partial charge in [-0.05, 0) is 25.5 Å². The van der Waals surface area contributed by atoms with Crippen molar-refractivity contribution in [2.45, 2.75) is 26.3 Å². The van der Waals surface area contributed by atoms with Crippen LogP contribution in [0.3, 0.4) is 0 Å². The molecule has 116 valence electrons. The number of carboxylic acids is 1. The fourth-order valence-corrected chi connectivity index (χ4v) is 1.80. The maximum atomic E-state index is 12.3. The van der Waals surface area contributed by atoms with Crippen LogP contribution in [0, 0.1) is 0 Å². The largest absolute Gasteiger partial charge is 0.476 e. The Balaban J connectivity index is 2.88. The summed E-state index contributed by atoms with van der Waals surface area (Å²) in [6.07, 6.45) is 2.16. The topological polar surface area (TPSA) is 91.8 Å². The number of methoxy groups -OCH3 is 1. The summed E-state index contributed by atoms with van der Waals surface area (Å²) in [5.41, 5.74) is 0.00223. The minimum absolute atomic E-state index is 0.0186. The third kappa shape index (κ3) is 4.71. The lowest BCUT2D eigenvalue weighted by molar-refractivity contribution is 0.0691. The Labute approximate surface area is 123 Å². The Bertz CT molecular complexity index is 493. The number of nitrogens with zero attached hydrogens (tertiary/aromatic N) is 2. The molecule has 0 aliphatic rings. The van der Waals surface area contributed by atoms with E-state index in [2.05, 4.69) is 10.3 Å². The van der Waals surface area contributed by atoms with E-state index in [1.165, 1.54) is 12.3 Å². The smallest absolute Gasteiger partial charge is 0.356 e. The van der Waals surface area contributed by atoms with Crippen LogP contribution in [0.2, 0.25) is 0 Å². The van der Waals surface area contributed by atoms with E-state index >= 15 is 0 Å². The van der Waals surface area contributed by atoms with Gasteiger partial charge in [-0.15, -0.1) is 0 Å². The second kappa shape index (κ2) is 8.21. The van der Waals surface area contributed by atoms with Crippen molar-refractivity contribution in [3.63, 3.8) is 0 Å². The normalized spacial score (nSPS) is 11.8. The second-order valence-corrected chi connectivity index (χ2v) is 4.58.